The van der Waals surface area contributed by atoms with Gasteiger partial charge in [-0.15, -0.1) is 0 Å². The Morgan fingerprint density at radius 3 is 1.85 bits per heavy atom. The quantitative estimate of drug-likeness (QED) is 0.208. The van der Waals surface area contributed by atoms with Gasteiger partial charge in [-0.1, -0.05) is 82.3 Å². The van der Waals surface area contributed by atoms with E-state index in [1.165, 1.54) is 11.1 Å². The lowest BCUT2D eigenvalue weighted by molar-refractivity contribution is -0.973. The molecule has 0 spiro atoms. The summed E-state index contributed by atoms with van der Waals surface area (Å²) in [6, 6.07) is 29.2. The van der Waals surface area contributed by atoms with Crippen LogP contribution in [0.3, 0.4) is 0 Å². The van der Waals surface area contributed by atoms with Gasteiger partial charge >= 0.3 is 0 Å². The highest BCUT2D eigenvalue weighted by molar-refractivity contribution is 5.34. The van der Waals surface area contributed by atoms with Gasteiger partial charge in [0.05, 0.1) is 19.7 Å². The van der Waals surface area contributed by atoms with Gasteiger partial charge in [0.2, 0.25) is 0 Å². The molecule has 0 aromatic heterocycles. The van der Waals surface area contributed by atoms with Crippen LogP contribution in [-0.4, -0.2) is 31.7 Å². The molecule has 0 bridgehead atoms. The van der Waals surface area contributed by atoms with Crippen molar-refractivity contribution in [2.24, 2.45) is 11.8 Å². The molecule has 34 heavy (non-hydrogen) atoms. The van der Waals surface area contributed by atoms with Crippen molar-refractivity contribution in [2.75, 3.05) is 27.2 Å². The molecule has 0 aliphatic carbocycles. The summed E-state index contributed by atoms with van der Waals surface area (Å²) in [6.45, 7) is 10.6. The first kappa shape index (κ1) is 25.8. The third-order valence-electron chi connectivity index (χ3n) is 6.42. The molecule has 0 heterocycles. The van der Waals surface area contributed by atoms with Crippen molar-refractivity contribution >= 4 is 0 Å². The molecule has 3 nitrogen and oxygen atoms in total. The van der Waals surface area contributed by atoms with Crippen LogP contribution in [0.15, 0.2) is 84.9 Å². The minimum atomic E-state index is -0.555. The van der Waals surface area contributed by atoms with Gasteiger partial charge in [-0.2, -0.15) is 0 Å². The van der Waals surface area contributed by atoms with E-state index in [4.69, 9.17) is 9.47 Å². The van der Waals surface area contributed by atoms with Crippen LogP contribution in [0.1, 0.15) is 45.2 Å². The Kier molecular flexibility index (Phi) is 8.79. The molecular formula is C31H42NO2+. The highest BCUT2D eigenvalue weighted by Gasteiger charge is 2.51. The summed E-state index contributed by atoms with van der Waals surface area (Å²) < 4.78 is 13.9. The van der Waals surface area contributed by atoms with E-state index in [-0.39, 0.29) is 0 Å². The zero-order valence-corrected chi connectivity index (χ0v) is 21.8. The van der Waals surface area contributed by atoms with Crippen molar-refractivity contribution in [3.05, 3.63) is 96.1 Å². The van der Waals surface area contributed by atoms with E-state index in [9.17, 15) is 0 Å². The van der Waals surface area contributed by atoms with Crippen molar-refractivity contribution < 1.29 is 14.0 Å². The second-order valence-corrected chi connectivity index (χ2v) is 10.6. The number of quaternary nitrogens is 1. The SMILES string of the molecule is CC(C)Cc1ccccc1C(CC(C)C)(Oc1ccccc1)[N+](C)(C)CCOc1ccccc1. The number of hydrogen-bond acceptors (Lipinski definition) is 2. The molecule has 1 atom stereocenters. The van der Waals surface area contributed by atoms with Crippen molar-refractivity contribution in [1.82, 2.24) is 0 Å². The summed E-state index contributed by atoms with van der Waals surface area (Å²) in [5, 5.41) is 0. The van der Waals surface area contributed by atoms with Crippen LogP contribution in [0.4, 0.5) is 0 Å². The molecule has 0 saturated carbocycles. The lowest BCUT2D eigenvalue weighted by Crippen LogP contribution is -2.62. The van der Waals surface area contributed by atoms with Gasteiger partial charge in [0.25, 0.3) is 5.72 Å². The third kappa shape index (κ3) is 6.42. The third-order valence-corrected chi connectivity index (χ3v) is 6.42. The van der Waals surface area contributed by atoms with Gasteiger partial charge < -0.3 is 9.47 Å². The maximum Gasteiger partial charge on any atom is 0.270 e. The Hall–Kier alpha value is -2.78. The minimum absolute atomic E-state index is 0.447. The fourth-order valence-corrected chi connectivity index (χ4v) is 4.75. The molecule has 0 radical (unpaired) electrons. The number of hydrogen-bond donors (Lipinski definition) is 0. The Balaban J connectivity index is 2.07. The molecule has 0 amide bonds. The van der Waals surface area contributed by atoms with Crippen LogP contribution < -0.4 is 9.47 Å². The first-order chi connectivity index (χ1) is 16.2. The summed E-state index contributed by atoms with van der Waals surface area (Å²) in [4.78, 5) is 0. The molecule has 182 valence electrons. The summed E-state index contributed by atoms with van der Waals surface area (Å²) in [7, 11) is 4.57. The molecule has 0 aliphatic rings. The number of ether oxygens (including phenoxy) is 2. The van der Waals surface area contributed by atoms with Crippen LogP contribution in [-0.2, 0) is 12.1 Å². The molecule has 0 aliphatic heterocycles. The zero-order chi connectivity index (χ0) is 24.6. The Morgan fingerprint density at radius 1 is 0.706 bits per heavy atom. The molecule has 0 saturated heterocycles. The maximum atomic E-state index is 7.11. The van der Waals surface area contributed by atoms with E-state index in [0.717, 1.165) is 30.9 Å². The van der Waals surface area contributed by atoms with E-state index in [2.05, 4.69) is 78.2 Å². The van der Waals surface area contributed by atoms with Crippen molar-refractivity contribution in [1.29, 1.82) is 0 Å². The summed E-state index contributed by atoms with van der Waals surface area (Å²) in [5.74, 6) is 2.81. The fourth-order valence-electron chi connectivity index (χ4n) is 4.75. The lowest BCUT2D eigenvalue weighted by Gasteiger charge is -2.49. The molecule has 1 unspecified atom stereocenters. The maximum absolute atomic E-state index is 7.11. The van der Waals surface area contributed by atoms with Gasteiger partial charge in [-0.25, -0.2) is 0 Å². The average Bonchev–Trinajstić information content (AvgIpc) is 2.79. The molecule has 3 aromatic carbocycles. The molecular weight excluding hydrogens is 418 g/mol. The van der Waals surface area contributed by atoms with E-state index in [1.807, 2.05) is 48.5 Å². The number of likely N-dealkylation sites (N-methyl/N-ethyl adjacent to an activating group) is 1. The van der Waals surface area contributed by atoms with Crippen LogP contribution >= 0.6 is 0 Å². The van der Waals surface area contributed by atoms with Gasteiger partial charge in [-0.3, -0.25) is 4.48 Å². The van der Waals surface area contributed by atoms with Gasteiger partial charge in [0.15, 0.2) is 0 Å². The largest absolute Gasteiger partial charge is 0.488 e. The summed E-state index contributed by atoms with van der Waals surface area (Å²) in [6.07, 6.45) is 1.92. The monoisotopic (exact) mass is 460 g/mol. The van der Waals surface area contributed by atoms with Crippen molar-refractivity contribution in [2.45, 2.75) is 46.3 Å². The predicted octanol–water partition coefficient (Wildman–Crippen LogP) is 7.32. The number of benzene rings is 3. The number of para-hydroxylation sites is 2. The van der Waals surface area contributed by atoms with Crippen LogP contribution in [0.25, 0.3) is 0 Å². The predicted molar refractivity (Wildman–Crippen MR) is 142 cm³/mol. The van der Waals surface area contributed by atoms with Crippen molar-refractivity contribution in [3.8, 4) is 11.5 Å². The second-order valence-electron chi connectivity index (χ2n) is 10.6. The lowest BCUT2D eigenvalue weighted by atomic mass is 9.84. The topological polar surface area (TPSA) is 18.5 Å². The zero-order valence-electron chi connectivity index (χ0n) is 21.8. The minimum Gasteiger partial charge on any atom is -0.488 e. The van der Waals surface area contributed by atoms with Crippen molar-refractivity contribution in [3.63, 3.8) is 0 Å². The van der Waals surface area contributed by atoms with E-state index < -0.39 is 5.72 Å². The summed E-state index contributed by atoms with van der Waals surface area (Å²) >= 11 is 0. The standard InChI is InChI=1S/C31H42NO2/c1-25(2)23-27-15-13-14-20-30(27)31(24-26(3)4,34-29-18-11-8-12-19-29)32(5,6)21-22-33-28-16-9-7-10-17-28/h7-20,25-26H,21-24H2,1-6H3/q+1. The molecule has 0 N–H and O–H groups in total. The molecule has 3 aromatic rings. The Morgan fingerprint density at radius 2 is 1.26 bits per heavy atom. The highest BCUT2D eigenvalue weighted by Crippen LogP contribution is 2.42. The van der Waals surface area contributed by atoms with E-state index in [1.54, 1.807) is 0 Å². The fraction of sp³-hybridized carbons (Fsp3) is 0.419. The van der Waals surface area contributed by atoms with Crippen LogP contribution in [0, 0.1) is 11.8 Å². The molecule has 0 fully saturated rings. The summed E-state index contributed by atoms with van der Waals surface area (Å²) in [5.41, 5.74) is 2.09. The van der Waals surface area contributed by atoms with Gasteiger partial charge in [0.1, 0.15) is 24.7 Å². The van der Waals surface area contributed by atoms with Crippen LogP contribution in [0.5, 0.6) is 11.5 Å². The average molecular weight is 461 g/mol. The Labute approximate surface area is 206 Å². The smallest absolute Gasteiger partial charge is 0.270 e. The van der Waals surface area contributed by atoms with Crippen LogP contribution in [0.2, 0.25) is 0 Å². The number of nitrogens with zero attached hydrogens (tertiary/aromatic N) is 1. The highest BCUT2D eigenvalue weighted by atomic mass is 16.5. The normalized spacial score (nSPS) is 13.6. The molecule has 3 heteroatoms. The first-order valence-corrected chi connectivity index (χ1v) is 12.6. The van der Waals surface area contributed by atoms with Gasteiger partial charge in [-0.05, 0) is 54.2 Å². The van der Waals surface area contributed by atoms with E-state index >= 15 is 0 Å². The molecule has 3 rings (SSSR count). The Bertz CT molecular complexity index is 998. The van der Waals surface area contributed by atoms with Gasteiger partial charge in [0, 0.05) is 6.42 Å². The number of rotatable bonds is 12. The van der Waals surface area contributed by atoms with E-state index in [0.29, 0.717) is 22.9 Å². The first-order valence-electron chi connectivity index (χ1n) is 12.6. The second kappa shape index (κ2) is 11.6.